The number of aryl methyl sites for hydroxylation is 2. The highest BCUT2D eigenvalue weighted by molar-refractivity contribution is 5.52. The summed E-state index contributed by atoms with van der Waals surface area (Å²) in [5.41, 5.74) is 10.7. The van der Waals surface area contributed by atoms with Crippen LogP contribution < -0.4 is 10.6 Å². The quantitative estimate of drug-likeness (QED) is 0.912. The van der Waals surface area contributed by atoms with Gasteiger partial charge >= 0.3 is 0 Å². The van der Waals surface area contributed by atoms with E-state index in [1.54, 1.807) is 0 Å². The lowest BCUT2D eigenvalue weighted by molar-refractivity contribution is 0.665. The first-order valence-corrected chi connectivity index (χ1v) is 7.50. The van der Waals surface area contributed by atoms with Crippen LogP contribution in [0.15, 0.2) is 36.4 Å². The third kappa shape index (κ3) is 3.61. The van der Waals surface area contributed by atoms with E-state index in [1.807, 2.05) is 13.0 Å². The Morgan fingerprint density at radius 3 is 2.38 bits per heavy atom. The van der Waals surface area contributed by atoms with Crippen LogP contribution in [0.3, 0.4) is 0 Å². The normalized spacial score (nSPS) is 11.0. The number of hydrogen-bond donors (Lipinski definition) is 1. The number of anilines is 1. The minimum atomic E-state index is 0.365. The van der Waals surface area contributed by atoms with Crippen LogP contribution in [0, 0.1) is 13.8 Å². The highest BCUT2D eigenvalue weighted by Gasteiger charge is 2.18. The molecule has 2 N–H and O–H groups in total. The van der Waals surface area contributed by atoms with Crippen LogP contribution in [0.4, 0.5) is 5.82 Å². The van der Waals surface area contributed by atoms with Gasteiger partial charge in [-0.2, -0.15) is 0 Å². The highest BCUT2D eigenvalue weighted by atomic mass is 15.2. The van der Waals surface area contributed by atoms with E-state index in [4.69, 9.17) is 10.7 Å². The standard InChI is InChI=1S/C18H25N3/c1-13(2)21(12-16-8-6-5-7-9-16)18-17(11-19)14(3)10-15(4)20-18/h5-10,13H,11-12,19H2,1-4H3. The van der Waals surface area contributed by atoms with Gasteiger partial charge in [0.15, 0.2) is 0 Å². The molecule has 1 aromatic heterocycles. The second kappa shape index (κ2) is 6.72. The number of hydrogen-bond acceptors (Lipinski definition) is 3. The number of benzene rings is 1. The van der Waals surface area contributed by atoms with Crippen molar-refractivity contribution in [3.63, 3.8) is 0 Å². The number of nitrogens with zero attached hydrogens (tertiary/aromatic N) is 2. The van der Waals surface area contributed by atoms with Gasteiger partial charge in [-0.05, 0) is 44.9 Å². The lowest BCUT2D eigenvalue weighted by Gasteiger charge is -2.30. The Labute approximate surface area is 127 Å². The summed E-state index contributed by atoms with van der Waals surface area (Å²) in [5, 5.41) is 0. The molecule has 21 heavy (non-hydrogen) atoms. The van der Waals surface area contributed by atoms with Crippen molar-refractivity contribution < 1.29 is 0 Å². The fraction of sp³-hybridized carbons (Fsp3) is 0.389. The van der Waals surface area contributed by atoms with E-state index >= 15 is 0 Å². The minimum Gasteiger partial charge on any atom is -0.350 e. The Morgan fingerprint density at radius 2 is 1.81 bits per heavy atom. The van der Waals surface area contributed by atoms with Gasteiger partial charge < -0.3 is 10.6 Å². The maximum Gasteiger partial charge on any atom is 0.134 e. The summed E-state index contributed by atoms with van der Waals surface area (Å²) in [6.07, 6.45) is 0. The van der Waals surface area contributed by atoms with Crippen molar-refractivity contribution >= 4 is 5.82 Å². The molecule has 112 valence electrons. The van der Waals surface area contributed by atoms with Gasteiger partial charge in [-0.3, -0.25) is 0 Å². The van der Waals surface area contributed by atoms with Crippen LogP contribution in [-0.4, -0.2) is 11.0 Å². The van der Waals surface area contributed by atoms with Gasteiger partial charge in [-0.15, -0.1) is 0 Å². The lowest BCUT2D eigenvalue weighted by atomic mass is 10.1. The van der Waals surface area contributed by atoms with Crippen molar-refractivity contribution in [2.24, 2.45) is 5.73 Å². The van der Waals surface area contributed by atoms with E-state index in [-0.39, 0.29) is 0 Å². The van der Waals surface area contributed by atoms with Crippen molar-refractivity contribution in [3.8, 4) is 0 Å². The highest BCUT2D eigenvalue weighted by Crippen LogP contribution is 2.25. The van der Waals surface area contributed by atoms with Crippen molar-refractivity contribution in [1.29, 1.82) is 0 Å². The minimum absolute atomic E-state index is 0.365. The molecule has 2 rings (SSSR count). The fourth-order valence-electron chi connectivity index (χ4n) is 2.62. The van der Waals surface area contributed by atoms with Gasteiger partial charge in [0, 0.05) is 30.4 Å². The third-order valence-corrected chi connectivity index (χ3v) is 3.75. The zero-order valence-corrected chi connectivity index (χ0v) is 13.4. The smallest absolute Gasteiger partial charge is 0.134 e. The van der Waals surface area contributed by atoms with Crippen molar-refractivity contribution in [2.75, 3.05) is 4.90 Å². The van der Waals surface area contributed by atoms with Crippen molar-refractivity contribution in [2.45, 2.75) is 46.8 Å². The first-order chi connectivity index (χ1) is 10.0. The lowest BCUT2D eigenvalue weighted by Crippen LogP contribution is -2.32. The van der Waals surface area contributed by atoms with Crippen LogP contribution >= 0.6 is 0 Å². The number of rotatable bonds is 5. The van der Waals surface area contributed by atoms with Crippen molar-refractivity contribution in [3.05, 3.63) is 58.8 Å². The molecule has 0 saturated carbocycles. The Kier molecular flexibility index (Phi) is 4.97. The van der Waals surface area contributed by atoms with E-state index in [2.05, 4.69) is 56.0 Å². The molecule has 0 unspecified atom stereocenters. The second-order valence-electron chi connectivity index (χ2n) is 5.79. The molecule has 0 radical (unpaired) electrons. The van der Waals surface area contributed by atoms with Crippen LogP contribution in [0.25, 0.3) is 0 Å². The van der Waals surface area contributed by atoms with Gasteiger partial charge in [0.25, 0.3) is 0 Å². The number of pyridine rings is 1. The zero-order chi connectivity index (χ0) is 15.4. The van der Waals surface area contributed by atoms with E-state index < -0.39 is 0 Å². The summed E-state index contributed by atoms with van der Waals surface area (Å²) in [6, 6.07) is 13.0. The maximum atomic E-state index is 5.97. The van der Waals surface area contributed by atoms with Crippen molar-refractivity contribution in [1.82, 2.24) is 4.98 Å². The maximum absolute atomic E-state index is 5.97. The monoisotopic (exact) mass is 283 g/mol. The molecular formula is C18H25N3. The van der Waals surface area contributed by atoms with Crippen LogP contribution in [0.1, 0.15) is 36.2 Å². The Balaban J connectivity index is 2.43. The molecule has 1 heterocycles. The average molecular weight is 283 g/mol. The summed E-state index contributed by atoms with van der Waals surface area (Å²) in [7, 11) is 0. The summed E-state index contributed by atoms with van der Waals surface area (Å²) in [5.74, 6) is 1.02. The molecule has 3 nitrogen and oxygen atoms in total. The SMILES string of the molecule is Cc1cc(C)c(CN)c(N(Cc2ccccc2)C(C)C)n1. The van der Waals surface area contributed by atoms with Gasteiger partial charge in [-0.25, -0.2) is 4.98 Å². The Hall–Kier alpha value is -1.87. The van der Waals surface area contributed by atoms with E-state index in [9.17, 15) is 0 Å². The van der Waals surface area contributed by atoms with Crippen LogP contribution in [0.2, 0.25) is 0 Å². The summed E-state index contributed by atoms with van der Waals surface area (Å²) in [6.45, 7) is 9.91. The second-order valence-corrected chi connectivity index (χ2v) is 5.79. The molecule has 0 saturated heterocycles. The summed E-state index contributed by atoms with van der Waals surface area (Å²) >= 11 is 0. The molecular weight excluding hydrogens is 258 g/mol. The third-order valence-electron chi connectivity index (χ3n) is 3.75. The van der Waals surface area contributed by atoms with E-state index in [0.29, 0.717) is 12.6 Å². The van der Waals surface area contributed by atoms with E-state index in [1.165, 1.54) is 11.1 Å². The van der Waals surface area contributed by atoms with Gasteiger partial charge in [0.05, 0.1) is 0 Å². The Bertz CT molecular complexity index is 591. The fourth-order valence-corrected chi connectivity index (χ4v) is 2.62. The molecule has 0 spiro atoms. The van der Waals surface area contributed by atoms with E-state index in [0.717, 1.165) is 23.6 Å². The van der Waals surface area contributed by atoms with Gasteiger partial charge in [-0.1, -0.05) is 30.3 Å². The molecule has 0 aliphatic heterocycles. The molecule has 0 aliphatic carbocycles. The predicted molar refractivity (Wildman–Crippen MR) is 89.4 cm³/mol. The van der Waals surface area contributed by atoms with Gasteiger partial charge in [0.1, 0.15) is 5.82 Å². The predicted octanol–water partition coefficient (Wildman–Crippen LogP) is 3.57. The average Bonchev–Trinajstić information content (AvgIpc) is 2.45. The molecule has 1 aromatic carbocycles. The first kappa shape index (κ1) is 15.5. The molecule has 0 bridgehead atoms. The van der Waals surface area contributed by atoms with Gasteiger partial charge in [0.2, 0.25) is 0 Å². The molecule has 0 fully saturated rings. The topological polar surface area (TPSA) is 42.1 Å². The number of aromatic nitrogens is 1. The Morgan fingerprint density at radius 1 is 1.14 bits per heavy atom. The molecule has 3 heteroatoms. The molecule has 0 amide bonds. The largest absolute Gasteiger partial charge is 0.350 e. The molecule has 2 aromatic rings. The molecule has 0 aliphatic rings. The van der Waals surface area contributed by atoms with Crippen LogP contribution in [-0.2, 0) is 13.1 Å². The molecule has 0 atom stereocenters. The summed E-state index contributed by atoms with van der Waals surface area (Å²) < 4.78 is 0. The zero-order valence-electron chi connectivity index (χ0n) is 13.4. The summed E-state index contributed by atoms with van der Waals surface area (Å²) in [4.78, 5) is 7.10. The van der Waals surface area contributed by atoms with Crippen LogP contribution in [0.5, 0.6) is 0 Å². The first-order valence-electron chi connectivity index (χ1n) is 7.50. The number of nitrogens with two attached hydrogens (primary N) is 1.